The van der Waals surface area contributed by atoms with Crippen LogP contribution < -0.4 is 0 Å². The van der Waals surface area contributed by atoms with E-state index in [1.165, 1.54) is 0 Å². The molecule has 106 valence electrons. The Kier molecular flexibility index (Phi) is 3.42. The van der Waals surface area contributed by atoms with Crippen molar-refractivity contribution < 1.29 is 19.4 Å². The van der Waals surface area contributed by atoms with Gasteiger partial charge < -0.3 is 19.1 Å². The molecule has 20 heavy (non-hydrogen) atoms. The van der Waals surface area contributed by atoms with Gasteiger partial charge in [-0.15, -0.1) is 0 Å². The molecule has 0 amide bonds. The highest BCUT2D eigenvalue weighted by Crippen LogP contribution is 2.19. The van der Waals surface area contributed by atoms with Crippen molar-refractivity contribution in [1.82, 2.24) is 9.55 Å². The minimum absolute atomic E-state index is 0.0201. The van der Waals surface area contributed by atoms with Crippen LogP contribution in [0.3, 0.4) is 0 Å². The number of hydrogen-bond acceptors (Lipinski definition) is 4. The topological polar surface area (TPSA) is 73.6 Å². The van der Waals surface area contributed by atoms with Gasteiger partial charge >= 0.3 is 5.97 Å². The molecule has 0 saturated carbocycles. The number of aryl methyl sites for hydroxylation is 1. The molecule has 1 aromatic carbocycles. The van der Waals surface area contributed by atoms with Crippen LogP contribution in [0, 0.1) is 6.92 Å². The Morgan fingerprint density at radius 2 is 2.35 bits per heavy atom. The van der Waals surface area contributed by atoms with Crippen molar-refractivity contribution in [3.63, 3.8) is 0 Å². The maximum absolute atomic E-state index is 11.1. The molecule has 2 aromatic rings. The van der Waals surface area contributed by atoms with Gasteiger partial charge in [0.15, 0.2) is 0 Å². The van der Waals surface area contributed by atoms with Crippen molar-refractivity contribution in [3.05, 3.63) is 29.6 Å². The predicted octanol–water partition coefficient (Wildman–Crippen LogP) is 1.46. The van der Waals surface area contributed by atoms with Gasteiger partial charge in [-0.05, 0) is 25.1 Å². The fraction of sp³-hybridized carbons (Fsp3) is 0.429. The Labute approximate surface area is 115 Å². The highest BCUT2D eigenvalue weighted by Gasteiger charge is 2.18. The fourth-order valence-corrected chi connectivity index (χ4v) is 2.45. The summed E-state index contributed by atoms with van der Waals surface area (Å²) in [6.07, 6.45) is -0.0201. The number of aromatic carboxylic acids is 1. The van der Waals surface area contributed by atoms with E-state index < -0.39 is 5.97 Å². The van der Waals surface area contributed by atoms with Crippen LogP contribution >= 0.6 is 0 Å². The number of nitrogens with zero attached hydrogens (tertiary/aromatic N) is 2. The van der Waals surface area contributed by atoms with Gasteiger partial charge in [0.2, 0.25) is 0 Å². The second-order valence-corrected chi connectivity index (χ2v) is 4.85. The lowest BCUT2D eigenvalue weighted by Crippen LogP contribution is -2.32. The smallest absolute Gasteiger partial charge is 0.335 e. The van der Waals surface area contributed by atoms with E-state index in [0.717, 1.165) is 16.9 Å². The lowest BCUT2D eigenvalue weighted by molar-refractivity contribution is -0.0934. The Hall–Kier alpha value is -1.92. The third kappa shape index (κ3) is 2.39. The number of aromatic nitrogens is 2. The predicted molar refractivity (Wildman–Crippen MR) is 72.0 cm³/mol. The summed E-state index contributed by atoms with van der Waals surface area (Å²) in [5.41, 5.74) is 1.88. The van der Waals surface area contributed by atoms with Gasteiger partial charge in [0.25, 0.3) is 0 Å². The van der Waals surface area contributed by atoms with Crippen LogP contribution in [0.4, 0.5) is 0 Å². The monoisotopic (exact) mass is 276 g/mol. The molecule has 1 N–H and O–H groups in total. The molecule has 1 aliphatic heterocycles. The molecular formula is C14H16N2O4. The number of rotatable bonds is 3. The van der Waals surface area contributed by atoms with Crippen LogP contribution in [-0.4, -0.2) is 46.6 Å². The summed E-state index contributed by atoms with van der Waals surface area (Å²) >= 11 is 0. The standard InChI is InChI=1S/C14H16N2O4/c1-9-15-12-3-2-10(14(17)18)6-13(12)16(9)7-11-8-19-4-5-20-11/h2-3,6,11H,4-5,7-8H2,1H3,(H,17,18). The first-order valence-corrected chi connectivity index (χ1v) is 6.54. The third-order valence-corrected chi connectivity index (χ3v) is 3.46. The summed E-state index contributed by atoms with van der Waals surface area (Å²) in [5.74, 6) is -0.0914. The zero-order valence-electron chi connectivity index (χ0n) is 11.2. The zero-order valence-corrected chi connectivity index (χ0v) is 11.2. The lowest BCUT2D eigenvalue weighted by atomic mass is 10.2. The lowest BCUT2D eigenvalue weighted by Gasteiger charge is -2.24. The van der Waals surface area contributed by atoms with Crippen molar-refractivity contribution in [2.75, 3.05) is 19.8 Å². The second-order valence-electron chi connectivity index (χ2n) is 4.85. The molecule has 0 radical (unpaired) electrons. The molecule has 1 fully saturated rings. The Balaban J connectivity index is 1.97. The minimum atomic E-state index is -0.936. The van der Waals surface area contributed by atoms with E-state index in [-0.39, 0.29) is 11.7 Å². The average molecular weight is 276 g/mol. The zero-order chi connectivity index (χ0) is 14.1. The SMILES string of the molecule is Cc1nc2ccc(C(=O)O)cc2n1CC1COCCO1. The molecule has 0 aliphatic carbocycles. The number of carboxylic acids is 1. The number of fused-ring (bicyclic) bond motifs is 1. The average Bonchev–Trinajstić information content (AvgIpc) is 2.75. The number of ether oxygens (including phenoxy) is 2. The van der Waals surface area contributed by atoms with E-state index in [0.29, 0.717) is 26.4 Å². The van der Waals surface area contributed by atoms with Crippen LogP contribution in [0.15, 0.2) is 18.2 Å². The first-order chi connectivity index (χ1) is 9.65. The van der Waals surface area contributed by atoms with Gasteiger partial charge in [-0.1, -0.05) is 0 Å². The summed E-state index contributed by atoms with van der Waals surface area (Å²) < 4.78 is 13.0. The van der Waals surface area contributed by atoms with E-state index in [9.17, 15) is 4.79 Å². The van der Waals surface area contributed by atoms with Gasteiger partial charge in [-0.2, -0.15) is 0 Å². The van der Waals surface area contributed by atoms with E-state index in [1.54, 1.807) is 18.2 Å². The second kappa shape index (κ2) is 5.22. The summed E-state index contributed by atoms with van der Waals surface area (Å²) in [5, 5.41) is 9.09. The van der Waals surface area contributed by atoms with Gasteiger partial charge in [0.1, 0.15) is 5.82 Å². The molecule has 1 unspecified atom stereocenters. The van der Waals surface area contributed by atoms with Crippen LogP contribution in [0.1, 0.15) is 16.2 Å². The molecule has 1 atom stereocenters. The van der Waals surface area contributed by atoms with E-state index in [2.05, 4.69) is 4.98 Å². The first-order valence-electron chi connectivity index (χ1n) is 6.54. The number of carboxylic acid groups (broad SMARTS) is 1. The molecule has 1 aromatic heterocycles. The number of hydrogen-bond donors (Lipinski definition) is 1. The van der Waals surface area contributed by atoms with E-state index >= 15 is 0 Å². The summed E-state index contributed by atoms with van der Waals surface area (Å²) in [6.45, 7) is 4.30. The minimum Gasteiger partial charge on any atom is -0.478 e. The third-order valence-electron chi connectivity index (χ3n) is 3.46. The Morgan fingerprint density at radius 3 is 3.05 bits per heavy atom. The van der Waals surface area contributed by atoms with E-state index in [1.807, 2.05) is 11.5 Å². The molecule has 6 nitrogen and oxygen atoms in total. The van der Waals surface area contributed by atoms with Crippen LogP contribution in [-0.2, 0) is 16.0 Å². The Bertz CT molecular complexity index is 644. The van der Waals surface area contributed by atoms with Gasteiger partial charge in [-0.25, -0.2) is 9.78 Å². The molecule has 0 bridgehead atoms. The van der Waals surface area contributed by atoms with Gasteiger partial charge in [0, 0.05) is 0 Å². The maximum Gasteiger partial charge on any atom is 0.335 e. The van der Waals surface area contributed by atoms with Crippen LogP contribution in [0.25, 0.3) is 11.0 Å². The van der Waals surface area contributed by atoms with Crippen LogP contribution in [0.5, 0.6) is 0 Å². The van der Waals surface area contributed by atoms with Crippen molar-refractivity contribution >= 4 is 17.0 Å². The molecular weight excluding hydrogens is 260 g/mol. The number of carbonyl (C=O) groups is 1. The highest BCUT2D eigenvalue weighted by atomic mass is 16.6. The molecule has 3 rings (SSSR count). The normalized spacial score (nSPS) is 19.4. The van der Waals surface area contributed by atoms with E-state index in [4.69, 9.17) is 14.6 Å². The largest absolute Gasteiger partial charge is 0.478 e. The van der Waals surface area contributed by atoms with Crippen molar-refractivity contribution in [3.8, 4) is 0 Å². The van der Waals surface area contributed by atoms with Crippen molar-refractivity contribution in [1.29, 1.82) is 0 Å². The highest BCUT2D eigenvalue weighted by molar-refractivity contribution is 5.92. The summed E-state index contributed by atoms with van der Waals surface area (Å²) in [4.78, 5) is 15.5. The summed E-state index contributed by atoms with van der Waals surface area (Å²) in [7, 11) is 0. The fourth-order valence-electron chi connectivity index (χ4n) is 2.45. The van der Waals surface area contributed by atoms with Crippen molar-refractivity contribution in [2.24, 2.45) is 0 Å². The molecule has 1 saturated heterocycles. The molecule has 1 aliphatic rings. The molecule has 6 heteroatoms. The molecule has 2 heterocycles. The van der Waals surface area contributed by atoms with Crippen LogP contribution in [0.2, 0.25) is 0 Å². The quantitative estimate of drug-likeness (QED) is 0.918. The molecule has 0 spiro atoms. The number of imidazole rings is 1. The maximum atomic E-state index is 11.1. The Morgan fingerprint density at radius 1 is 1.50 bits per heavy atom. The first kappa shape index (κ1) is 13.1. The number of benzene rings is 1. The van der Waals surface area contributed by atoms with Crippen molar-refractivity contribution in [2.45, 2.75) is 19.6 Å². The van der Waals surface area contributed by atoms with Gasteiger partial charge in [0.05, 0.1) is 49.1 Å². The van der Waals surface area contributed by atoms with Gasteiger partial charge in [-0.3, -0.25) is 0 Å². The summed E-state index contributed by atoms with van der Waals surface area (Å²) in [6, 6.07) is 4.96.